The van der Waals surface area contributed by atoms with Gasteiger partial charge in [0.25, 0.3) is 5.91 Å². The van der Waals surface area contributed by atoms with E-state index in [1.807, 2.05) is 18.2 Å². The Morgan fingerprint density at radius 1 is 1.08 bits per heavy atom. The number of rotatable bonds is 3. The number of cyclic esters (lactones) is 1. The van der Waals surface area contributed by atoms with Crippen LogP contribution in [0.15, 0.2) is 48.5 Å². The highest BCUT2D eigenvalue weighted by Crippen LogP contribution is 2.30. The van der Waals surface area contributed by atoms with E-state index in [-0.39, 0.29) is 5.91 Å². The van der Waals surface area contributed by atoms with Crippen molar-refractivity contribution in [2.45, 2.75) is 25.4 Å². The fourth-order valence-electron chi connectivity index (χ4n) is 3.41. The molecule has 6 nitrogen and oxygen atoms in total. The number of hydrogen-bond acceptors (Lipinski definition) is 4. The molecule has 2 aliphatic heterocycles. The minimum absolute atomic E-state index is 0.0460. The van der Waals surface area contributed by atoms with Crippen LogP contribution >= 0.6 is 0 Å². The van der Waals surface area contributed by atoms with Gasteiger partial charge in [-0.15, -0.1) is 0 Å². The summed E-state index contributed by atoms with van der Waals surface area (Å²) in [5.41, 5.74) is 2.51. The molecule has 2 aromatic carbocycles. The van der Waals surface area contributed by atoms with Crippen LogP contribution in [0.25, 0.3) is 0 Å². The van der Waals surface area contributed by atoms with Gasteiger partial charge in [-0.25, -0.2) is 4.79 Å². The molecule has 1 fully saturated rings. The Bertz CT molecular complexity index is 893. The second kappa shape index (κ2) is 6.63. The van der Waals surface area contributed by atoms with E-state index in [4.69, 9.17) is 4.74 Å². The number of carbonyl (C=O) groups excluding carboxylic acids is 3. The van der Waals surface area contributed by atoms with Crippen LogP contribution < -0.4 is 10.2 Å². The molecule has 0 aromatic heterocycles. The molecule has 1 saturated heterocycles. The van der Waals surface area contributed by atoms with Crippen molar-refractivity contribution in [1.82, 2.24) is 0 Å². The Kier molecular flexibility index (Phi) is 4.16. The van der Waals surface area contributed by atoms with Gasteiger partial charge in [0.1, 0.15) is 0 Å². The highest BCUT2D eigenvalue weighted by Gasteiger charge is 2.32. The lowest BCUT2D eigenvalue weighted by atomic mass is 9.98. The lowest BCUT2D eigenvalue weighted by Crippen LogP contribution is -2.38. The molecule has 2 aliphatic rings. The molecule has 0 saturated carbocycles. The van der Waals surface area contributed by atoms with Crippen LogP contribution in [0.3, 0.4) is 0 Å². The van der Waals surface area contributed by atoms with Crippen LogP contribution in [0, 0.1) is 0 Å². The predicted molar refractivity (Wildman–Crippen MR) is 96.0 cm³/mol. The molecular formula is C20H18N2O4. The van der Waals surface area contributed by atoms with E-state index in [1.54, 1.807) is 35.2 Å². The molecule has 0 radical (unpaired) electrons. The van der Waals surface area contributed by atoms with Crippen molar-refractivity contribution in [1.29, 1.82) is 0 Å². The number of benzene rings is 2. The fraction of sp³-hybridized carbons (Fsp3) is 0.250. The lowest BCUT2D eigenvalue weighted by Gasteiger charge is -2.25. The average molecular weight is 350 g/mol. The molecule has 0 aliphatic carbocycles. The first-order valence-corrected chi connectivity index (χ1v) is 8.62. The van der Waals surface area contributed by atoms with Crippen LogP contribution in [0.1, 0.15) is 28.8 Å². The van der Waals surface area contributed by atoms with Gasteiger partial charge in [0, 0.05) is 19.4 Å². The van der Waals surface area contributed by atoms with E-state index in [9.17, 15) is 14.4 Å². The molecule has 1 atom stereocenters. The highest BCUT2D eigenvalue weighted by atomic mass is 16.5. The smallest absolute Gasteiger partial charge is 0.339 e. The first kappa shape index (κ1) is 16.3. The third-order valence-electron chi connectivity index (χ3n) is 4.71. The van der Waals surface area contributed by atoms with Crippen molar-refractivity contribution in [2.24, 2.45) is 0 Å². The van der Waals surface area contributed by atoms with E-state index < -0.39 is 18.0 Å². The number of nitrogens with zero attached hydrogens (tertiary/aromatic N) is 1. The topological polar surface area (TPSA) is 75.7 Å². The van der Waals surface area contributed by atoms with E-state index >= 15 is 0 Å². The molecule has 26 heavy (non-hydrogen) atoms. The van der Waals surface area contributed by atoms with E-state index in [0.29, 0.717) is 36.3 Å². The molecule has 1 N–H and O–H groups in total. The lowest BCUT2D eigenvalue weighted by molar-refractivity contribution is -0.125. The Morgan fingerprint density at radius 2 is 1.85 bits per heavy atom. The number of nitrogens with one attached hydrogen (secondary N) is 1. The van der Waals surface area contributed by atoms with Gasteiger partial charge in [-0.05, 0) is 30.2 Å². The van der Waals surface area contributed by atoms with Crippen LogP contribution in [0.2, 0.25) is 0 Å². The fourth-order valence-corrected chi connectivity index (χ4v) is 3.41. The predicted octanol–water partition coefficient (Wildman–Crippen LogP) is 2.53. The SMILES string of the molecule is O=C1O[C@@H](C(=O)Nc2ccccc2N2CCCC2=O)Cc2ccccc21. The van der Waals surface area contributed by atoms with Crippen LogP contribution in [-0.4, -0.2) is 30.4 Å². The maximum Gasteiger partial charge on any atom is 0.339 e. The number of hydrogen-bond donors (Lipinski definition) is 1. The van der Waals surface area contributed by atoms with Gasteiger partial charge in [-0.2, -0.15) is 0 Å². The standard InChI is InChI=1S/C20H18N2O4/c23-18-10-5-11-22(18)16-9-4-3-8-15(16)21-19(24)17-12-13-6-1-2-7-14(13)20(25)26-17/h1-4,6-9,17H,5,10-12H2,(H,21,24)/t17-/m1/s1. The quantitative estimate of drug-likeness (QED) is 0.863. The molecule has 4 rings (SSSR count). The van der Waals surface area contributed by atoms with Gasteiger partial charge in [0.15, 0.2) is 6.10 Å². The highest BCUT2D eigenvalue weighted by molar-refractivity contribution is 6.04. The molecule has 132 valence electrons. The minimum Gasteiger partial charge on any atom is -0.448 e. The number of carbonyl (C=O) groups is 3. The third-order valence-corrected chi connectivity index (χ3v) is 4.71. The van der Waals surface area contributed by atoms with Gasteiger partial charge in [0.05, 0.1) is 16.9 Å². The number of para-hydroxylation sites is 2. The first-order valence-electron chi connectivity index (χ1n) is 8.62. The van der Waals surface area contributed by atoms with Crippen LogP contribution in [-0.2, 0) is 20.7 Å². The Labute approximate surface area is 150 Å². The molecule has 2 amide bonds. The summed E-state index contributed by atoms with van der Waals surface area (Å²) in [5, 5.41) is 2.82. The average Bonchev–Trinajstić information content (AvgIpc) is 3.08. The zero-order valence-electron chi connectivity index (χ0n) is 14.1. The molecule has 6 heteroatoms. The summed E-state index contributed by atoms with van der Waals surface area (Å²) in [6.45, 7) is 0.636. The van der Waals surface area contributed by atoms with Crippen molar-refractivity contribution < 1.29 is 19.1 Å². The van der Waals surface area contributed by atoms with Crippen molar-refractivity contribution in [3.63, 3.8) is 0 Å². The van der Waals surface area contributed by atoms with Crippen molar-refractivity contribution in [3.8, 4) is 0 Å². The number of ether oxygens (including phenoxy) is 1. The van der Waals surface area contributed by atoms with Gasteiger partial charge in [0.2, 0.25) is 5.91 Å². The maximum absolute atomic E-state index is 12.7. The molecule has 2 aromatic rings. The summed E-state index contributed by atoms with van der Waals surface area (Å²) in [7, 11) is 0. The summed E-state index contributed by atoms with van der Waals surface area (Å²) in [5.74, 6) is -0.841. The molecule has 0 unspecified atom stereocenters. The Morgan fingerprint density at radius 3 is 2.65 bits per heavy atom. The third kappa shape index (κ3) is 2.94. The van der Waals surface area contributed by atoms with Gasteiger partial charge < -0.3 is 15.0 Å². The van der Waals surface area contributed by atoms with Gasteiger partial charge in [-0.3, -0.25) is 9.59 Å². The number of amides is 2. The largest absolute Gasteiger partial charge is 0.448 e. The zero-order valence-corrected chi connectivity index (χ0v) is 14.1. The summed E-state index contributed by atoms with van der Waals surface area (Å²) < 4.78 is 5.30. The van der Waals surface area contributed by atoms with Crippen molar-refractivity contribution in [2.75, 3.05) is 16.8 Å². The maximum atomic E-state index is 12.7. The van der Waals surface area contributed by atoms with Gasteiger partial charge >= 0.3 is 5.97 Å². The molecular weight excluding hydrogens is 332 g/mol. The summed E-state index contributed by atoms with van der Waals surface area (Å²) in [6.07, 6.45) is 0.760. The second-order valence-corrected chi connectivity index (χ2v) is 6.41. The zero-order chi connectivity index (χ0) is 18.1. The number of fused-ring (bicyclic) bond motifs is 1. The van der Waals surface area contributed by atoms with Gasteiger partial charge in [-0.1, -0.05) is 30.3 Å². The van der Waals surface area contributed by atoms with Crippen molar-refractivity contribution in [3.05, 3.63) is 59.7 Å². The first-order chi connectivity index (χ1) is 12.6. The van der Waals surface area contributed by atoms with E-state index in [0.717, 1.165) is 12.0 Å². The van der Waals surface area contributed by atoms with Crippen LogP contribution in [0.5, 0.6) is 0 Å². The number of esters is 1. The molecule has 0 spiro atoms. The van der Waals surface area contributed by atoms with E-state index in [2.05, 4.69) is 5.32 Å². The minimum atomic E-state index is -0.889. The summed E-state index contributed by atoms with van der Waals surface area (Å²) in [4.78, 5) is 38.5. The molecule has 2 heterocycles. The summed E-state index contributed by atoms with van der Waals surface area (Å²) in [6, 6.07) is 14.3. The Balaban J connectivity index is 1.55. The second-order valence-electron chi connectivity index (χ2n) is 6.41. The summed E-state index contributed by atoms with van der Waals surface area (Å²) >= 11 is 0. The van der Waals surface area contributed by atoms with Crippen LogP contribution in [0.4, 0.5) is 11.4 Å². The molecule has 0 bridgehead atoms. The monoisotopic (exact) mass is 350 g/mol. The Hall–Kier alpha value is -3.15. The van der Waals surface area contributed by atoms with E-state index in [1.165, 1.54) is 0 Å². The number of anilines is 2. The normalized spacial score (nSPS) is 19.1. The van der Waals surface area contributed by atoms with Crippen molar-refractivity contribution >= 4 is 29.2 Å².